The normalized spacial score (nSPS) is 19.1. The molecule has 27 heavy (non-hydrogen) atoms. The molecule has 0 aliphatic carbocycles. The average molecular weight is 364 g/mol. The third-order valence-corrected chi connectivity index (χ3v) is 5.95. The van der Waals surface area contributed by atoms with E-state index in [1.54, 1.807) is 24.7 Å². The topological polar surface area (TPSA) is 66.8 Å². The molecule has 5 rings (SSSR count). The molecule has 3 aromatic heterocycles. The number of anilines is 1. The number of rotatable bonds is 2. The Bertz CT molecular complexity index is 975. The van der Waals surface area contributed by atoms with Crippen LogP contribution in [0.15, 0.2) is 36.9 Å². The highest BCUT2D eigenvalue weighted by atomic mass is 19.1. The molecular weight excluding hydrogens is 343 g/mol. The van der Waals surface area contributed by atoms with Crippen LogP contribution in [0.2, 0.25) is 0 Å². The van der Waals surface area contributed by atoms with Crippen LogP contribution in [0.5, 0.6) is 0 Å². The van der Waals surface area contributed by atoms with Gasteiger partial charge in [0.1, 0.15) is 5.82 Å². The van der Waals surface area contributed by atoms with E-state index in [-0.39, 0.29) is 0 Å². The van der Waals surface area contributed by atoms with E-state index in [1.165, 1.54) is 12.6 Å². The first kappa shape index (κ1) is 16.5. The lowest BCUT2D eigenvalue weighted by atomic mass is 9.78. The molecule has 0 amide bonds. The molecule has 3 aromatic rings. The van der Waals surface area contributed by atoms with Crippen molar-refractivity contribution in [2.75, 3.05) is 31.1 Å². The van der Waals surface area contributed by atoms with Crippen LogP contribution in [0, 0.1) is 11.2 Å². The zero-order valence-corrected chi connectivity index (χ0v) is 15.0. The highest BCUT2D eigenvalue weighted by Crippen LogP contribution is 2.39. The Morgan fingerprint density at radius 1 is 1.00 bits per heavy atom. The van der Waals surface area contributed by atoms with E-state index < -0.39 is 5.82 Å². The number of aromatic nitrogens is 4. The van der Waals surface area contributed by atoms with Crippen molar-refractivity contribution < 1.29 is 4.39 Å². The molecule has 2 saturated heterocycles. The Balaban J connectivity index is 1.56. The van der Waals surface area contributed by atoms with Gasteiger partial charge in [0.15, 0.2) is 11.6 Å². The fraction of sp³-hybridized carbons (Fsp3) is 0.400. The second-order valence-corrected chi connectivity index (χ2v) is 7.53. The Morgan fingerprint density at radius 3 is 2.59 bits per heavy atom. The molecule has 6 nitrogen and oxygen atoms in total. The second-order valence-electron chi connectivity index (χ2n) is 7.53. The van der Waals surface area contributed by atoms with Crippen LogP contribution in [0.1, 0.15) is 19.3 Å². The van der Waals surface area contributed by atoms with Crippen LogP contribution in [-0.2, 0) is 0 Å². The van der Waals surface area contributed by atoms with Crippen molar-refractivity contribution in [2.45, 2.75) is 19.3 Å². The van der Waals surface area contributed by atoms with E-state index in [1.807, 2.05) is 6.07 Å². The molecule has 1 spiro atoms. The molecule has 138 valence electrons. The summed E-state index contributed by atoms with van der Waals surface area (Å²) >= 11 is 0. The van der Waals surface area contributed by atoms with Crippen molar-refractivity contribution in [1.29, 1.82) is 0 Å². The molecule has 0 radical (unpaired) electrons. The van der Waals surface area contributed by atoms with Crippen molar-refractivity contribution >= 4 is 16.7 Å². The lowest BCUT2D eigenvalue weighted by Gasteiger charge is -2.39. The Labute approximate surface area is 156 Å². The lowest BCUT2D eigenvalue weighted by Crippen LogP contribution is -2.41. The van der Waals surface area contributed by atoms with Crippen LogP contribution in [-0.4, -0.2) is 46.1 Å². The van der Waals surface area contributed by atoms with E-state index >= 15 is 0 Å². The summed E-state index contributed by atoms with van der Waals surface area (Å²) in [7, 11) is 0. The molecule has 2 fully saturated rings. The summed E-state index contributed by atoms with van der Waals surface area (Å²) in [5, 5.41) is 4.47. The van der Waals surface area contributed by atoms with Gasteiger partial charge in [-0.2, -0.15) is 0 Å². The molecule has 0 atom stereocenters. The number of piperidine rings is 1. The number of nitrogens with one attached hydrogen (secondary N) is 1. The molecule has 0 unspecified atom stereocenters. The van der Waals surface area contributed by atoms with E-state index in [0.717, 1.165) is 55.7 Å². The van der Waals surface area contributed by atoms with Crippen molar-refractivity contribution in [2.24, 2.45) is 5.41 Å². The number of nitrogens with zero attached hydrogens (tertiary/aromatic N) is 5. The zero-order chi connectivity index (χ0) is 18.3. The third kappa shape index (κ3) is 2.92. The predicted octanol–water partition coefficient (Wildman–Crippen LogP) is 2.81. The average Bonchev–Trinajstić information content (AvgIpc) is 3.16. The molecule has 2 aliphatic heterocycles. The van der Waals surface area contributed by atoms with Crippen molar-refractivity contribution in [3.05, 3.63) is 42.7 Å². The lowest BCUT2D eigenvalue weighted by molar-refractivity contribution is 0.247. The molecule has 2 aliphatic rings. The van der Waals surface area contributed by atoms with Gasteiger partial charge in [0.2, 0.25) is 0 Å². The number of hydrogen-bond acceptors (Lipinski definition) is 6. The molecule has 5 heterocycles. The van der Waals surface area contributed by atoms with Crippen molar-refractivity contribution in [3.8, 4) is 11.4 Å². The summed E-state index contributed by atoms with van der Waals surface area (Å²) in [6.07, 6.45) is 9.79. The maximum absolute atomic E-state index is 14.3. The third-order valence-electron chi connectivity index (χ3n) is 5.95. The van der Waals surface area contributed by atoms with Gasteiger partial charge in [-0.3, -0.25) is 9.97 Å². The van der Waals surface area contributed by atoms with E-state index in [0.29, 0.717) is 16.8 Å². The van der Waals surface area contributed by atoms with E-state index in [9.17, 15) is 4.39 Å². The molecule has 0 bridgehead atoms. The first-order chi connectivity index (χ1) is 13.2. The maximum atomic E-state index is 14.3. The molecule has 0 saturated carbocycles. The van der Waals surface area contributed by atoms with E-state index in [2.05, 4.69) is 25.2 Å². The van der Waals surface area contributed by atoms with Gasteiger partial charge in [-0.15, -0.1) is 0 Å². The Kier molecular flexibility index (Phi) is 3.97. The van der Waals surface area contributed by atoms with Gasteiger partial charge >= 0.3 is 0 Å². The smallest absolute Gasteiger partial charge is 0.165 e. The second kappa shape index (κ2) is 6.49. The molecule has 0 aromatic carbocycles. The summed E-state index contributed by atoms with van der Waals surface area (Å²) in [4.78, 5) is 19.7. The molecule has 7 heteroatoms. The Hall–Kier alpha value is -2.67. The largest absolute Gasteiger partial charge is 0.356 e. The summed E-state index contributed by atoms with van der Waals surface area (Å²) in [5.41, 5.74) is 1.53. The minimum absolute atomic E-state index is 0.366. The van der Waals surface area contributed by atoms with Crippen LogP contribution in [0.3, 0.4) is 0 Å². The van der Waals surface area contributed by atoms with Crippen molar-refractivity contribution in [1.82, 2.24) is 25.3 Å². The molecule has 1 N–H and O–H groups in total. The van der Waals surface area contributed by atoms with Crippen LogP contribution >= 0.6 is 0 Å². The quantitative estimate of drug-likeness (QED) is 0.754. The first-order valence-electron chi connectivity index (χ1n) is 9.41. The highest BCUT2D eigenvalue weighted by molar-refractivity contribution is 5.90. The molecular formula is C20H21FN6. The monoisotopic (exact) mass is 364 g/mol. The van der Waals surface area contributed by atoms with Gasteiger partial charge < -0.3 is 10.2 Å². The summed E-state index contributed by atoms with van der Waals surface area (Å²) in [6.45, 7) is 4.14. The van der Waals surface area contributed by atoms with Gasteiger partial charge in [0.25, 0.3) is 0 Å². The van der Waals surface area contributed by atoms with Crippen LogP contribution in [0.4, 0.5) is 10.2 Å². The van der Waals surface area contributed by atoms with Gasteiger partial charge in [-0.1, -0.05) is 0 Å². The van der Waals surface area contributed by atoms with Crippen molar-refractivity contribution in [3.63, 3.8) is 0 Å². The maximum Gasteiger partial charge on any atom is 0.165 e. The number of hydrogen-bond donors (Lipinski definition) is 1. The van der Waals surface area contributed by atoms with Crippen LogP contribution in [0.25, 0.3) is 22.3 Å². The minimum atomic E-state index is -0.415. The van der Waals surface area contributed by atoms with E-state index in [4.69, 9.17) is 4.98 Å². The summed E-state index contributed by atoms with van der Waals surface area (Å²) in [6, 6.07) is 3.56. The number of pyridine rings is 2. The standard InChI is InChI=1S/C20H21FN6/c21-16-11-22-6-1-14(16)18-25-17-12-23-7-2-15(17)19(26-18)27-9-4-20(5-10-27)3-8-24-13-20/h1-2,6-7,11-12,24H,3-5,8-10,13H2. The minimum Gasteiger partial charge on any atom is -0.356 e. The van der Waals surface area contributed by atoms with Gasteiger partial charge in [-0.25, -0.2) is 14.4 Å². The summed E-state index contributed by atoms with van der Waals surface area (Å²) in [5.74, 6) is 0.837. The van der Waals surface area contributed by atoms with Gasteiger partial charge in [0, 0.05) is 37.4 Å². The Morgan fingerprint density at radius 2 is 1.81 bits per heavy atom. The fourth-order valence-corrected chi connectivity index (χ4v) is 4.30. The van der Waals surface area contributed by atoms with Crippen LogP contribution < -0.4 is 10.2 Å². The summed E-state index contributed by atoms with van der Waals surface area (Å²) < 4.78 is 14.3. The fourth-order valence-electron chi connectivity index (χ4n) is 4.30. The van der Waals surface area contributed by atoms with Gasteiger partial charge in [-0.05, 0) is 43.4 Å². The number of fused-ring (bicyclic) bond motifs is 1. The zero-order valence-electron chi connectivity index (χ0n) is 15.0. The van der Waals surface area contributed by atoms with Gasteiger partial charge in [0.05, 0.1) is 23.5 Å². The predicted molar refractivity (Wildman–Crippen MR) is 102 cm³/mol. The first-order valence-corrected chi connectivity index (χ1v) is 9.41. The number of halogens is 1. The highest BCUT2D eigenvalue weighted by Gasteiger charge is 2.37. The SMILES string of the molecule is Fc1cnccc1-c1nc(N2CCC3(CCNC3)CC2)c2ccncc2n1.